The van der Waals surface area contributed by atoms with Crippen LogP contribution in [0.4, 0.5) is 0 Å². The molecule has 0 bridgehead atoms. The summed E-state index contributed by atoms with van der Waals surface area (Å²) in [6.45, 7) is 15.2. The third kappa shape index (κ3) is 6.46. The molecule has 0 radical (unpaired) electrons. The lowest BCUT2D eigenvalue weighted by atomic mass is 9.47. The van der Waals surface area contributed by atoms with Crippen LogP contribution in [0.3, 0.4) is 0 Å². The van der Waals surface area contributed by atoms with Gasteiger partial charge in [-0.05, 0) is 97.7 Å². The molecule has 3 saturated carbocycles. The van der Waals surface area contributed by atoms with Gasteiger partial charge in [-0.25, -0.2) is 0 Å². The molecule has 4 rings (SSSR count). The minimum atomic E-state index is 0. The first-order valence-corrected chi connectivity index (χ1v) is 15.5. The van der Waals surface area contributed by atoms with Gasteiger partial charge in [0, 0.05) is 7.97 Å². The Kier molecular flexibility index (Phi) is 11.9. The Balaban J connectivity index is 0.000000751. The summed E-state index contributed by atoms with van der Waals surface area (Å²) in [5.74, 6) is 5.84. The maximum Gasteiger partial charge on any atom is 0.0553 e. The van der Waals surface area contributed by atoms with Gasteiger partial charge in [-0.3, -0.25) is 0 Å². The molecule has 4 aliphatic carbocycles. The van der Waals surface area contributed by atoms with E-state index < -0.39 is 0 Å². The fourth-order valence-corrected chi connectivity index (χ4v) is 8.72. The minimum Gasteiger partial charge on any atom is -0.395 e. The number of hydrogen-bond acceptors (Lipinski definition) is 2. The number of fused-ring (bicyclic) bond motifs is 5. The van der Waals surface area contributed by atoms with Gasteiger partial charge in [0.05, 0.1) is 6.61 Å². The molecule has 4 aliphatic rings. The minimum absolute atomic E-state index is 0. The number of allylic oxidation sites excluding steroid dienone is 2. The van der Waals surface area contributed by atoms with Crippen LogP contribution < -0.4 is 5.73 Å². The highest BCUT2D eigenvalue weighted by Gasteiger charge is 2.58. The molecule has 2 nitrogen and oxygen atoms in total. The number of hydrogen-bond donors (Lipinski definition) is 2. The predicted molar refractivity (Wildman–Crippen MR) is 152 cm³/mol. The Labute approximate surface area is 211 Å². The van der Waals surface area contributed by atoms with Crippen molar-refractivity contribution in [3.63, 3.8) is 0 Å². The standard InChI is InChI=1S/C27H46.C2H7NO.CH5P.H2/c1-19(2)9-8-10-20(3)23-14-15-24-22-13-12-21-11-6-7-17-26(21,4)25(22)16-18-27(23,24)5;3-1-2-4;1-2;/h12,19-20,22-25H,6-11,13-18H2,1-5H3;4H,1-3H2;2H2,1H3;1H/t20-,22?,23-,24?,25?,26+,27-;;;/m1.../s1. The van der Waals surface area contributed by atoms with E-state index in [-0.39, 0.29) is 8.03 Å². The lowest BCUT2D eigenvalue weighted by Crippen LogP contribution is -2.50. The Bertz CT molecular complexity index is 609. The monoisotopic (exact) mass is 481 g/mol. The average Bonchev–Trinajstić information content (AvgIpc) is 3.17. The van der Waals surface area contributed by atoms with E-state index in [1.165, 1.54) is 77.0 Å². The van der Waals surface area contributed by atoms with E-state index >= 15 is 0 Å². The Morgan fingerprint density at radius 2 is 1.76 bits per heavy atom. The third-order valence-electron chi connectivity index (χ3n) is 10.3. The molecule has 0 aromatic rings. The largest absolute Gasteiger partial charge is 0.395 e. The third-order valence-corrected chi connectivity index (χ3v) is 10.3. The smallest absolute Gasteiger partial charge is 0.0553 e. The maximum absolute atomic E-state index is 7.75. The molecule has 0 saturated heterocycles. The van der Waals surface area contributed by atoms with E-state index in [1.807, 2.05) is 12.2 Å². The van der Waals surface area contributed by atoms with Gasteiger partial charge in [0.1, 0.15) is 0 Å². The van der Waals surface area contributed by atoms with Gasteiger partial charge in [-0.2, -0.15) is 0 Å². The van der Waals surface area contributed by atoms with Crippen molar-refractivity contribution in [3.05, 3.63) is 11.6 Å². The predicted octanol–water partition coefficient (Wildman–Crippen LogP) is 8.09. The Morgan fingerprint density at radius 3 is 2.39 bits per heavy atom. The van der Waals surface area contributed by atoms with Gasteiger partial charge in [-0.15, -0.1) is 9.24 Å². The van der Waals surface area contributed by atoms with Crippen LogP contribution in [0.15, 0.2) is 11.6 Å². The van der Waals surface area contributed by atoms with E-state index in [9.17, 15) is 0 Å². The average molecular weight is 482 g/mol. The topological polar surface area (TPSA) is 46.2 Å². The highest BCUT2D eigenvalue weighted by atomic mass is 31.0. The summed E-state index contributed by atoms with van der Waals surface area (Å²) in [4.78, 5) is 0. The zero-order chi connectivity index (χ0) is 24.6. The SMILES string of the molecule is CC(C)CCC[C@@H](C)[C@H]1CCC2C3CC=C4CCCC[C@]4(C)C3CC[C@@]21C.CP.NCCO.[HH]. The highest BCUT2D eigenvalue weighted by molar-refractivity contribution is 7.15. The van der Waals surface area contributed by atoms with Crippen LogP contribution in [-0.4, -0.2) is 24.9 Å². The van der Waals surface area contributed by atoms with Crippen LogP contribution in [-0.2, 0) is 0 Å². The molecule has 196 valence electrons. The van der Waals surface area contributed by atoms with Gasteiger partial charge < -0.3 is 10.8 Å². The van der Waals surface area contributed by atoms with Crippen LogP contribution in [0.5, 0.6) is 0 Å². The van der Waals surface area contributed by atoms with Crippen molar-refractivity contribution < 1.29 is 6.53 Å². The summed E-state index contributed by atoms with van der Waals surface area (Å²) in [5, 5.41) is 7.75. The van der Waals surface area contributed by atoms with E-state index in [1.54, 1.807) is 0 Å². The van der Waals surface area contributed by atoms with Crippen LogP contribution in [0.25, 0.3) is 0 Å². The summed E-state index contributed by atoms with van der Waals surface area (Å²) in [6, 6.07) is 0. The van der Waals surface area contributed by atoms with Crippen LogP contribution in [0.1, 0.15) is 113 Å². The summed E-state index contributed by atoms with van der Waals surface area (Å²) in [6.07, 6.45) is 20.5. The van der Waals surface area contributed by atoms with Gasteiger partial charge in [0.25, 0.3) is 0 Å². The van der Waals surface area contributed by atoms with Crippen molar-refractivity contribution in [2.24, 2.45) is 52.1 Å². The number of aliphatic hydroxyl groups is 1. The van der Waals surface area contributed by atoms with E-state index in [0.717, 1.165) is 35.5 Å². The molecule has 33 heavy (non-hydrogen) atoms. The molecule has 4 unspecified atom stereocenters. The van der Waals surface area contributed by atoms with Gasteiger partial charge >= 0.3 is 0 Å². The second kappa shape index (κ2) is 13.4. The molecule has 0 spiro atoms. The first-order chi connectivity index (χ1) is 15.8. The molecule has 0 aliphatic heterocycles. The van der Waals surface area contributed by atoms with E-state index in [4.69, 9.17) is 10.8 Å². The molecule has 3 heteroatoms. The molecule has 3 fully saturated rings. The lowest BCUT2D eigenvalue weighted by Gasteiger charge is -2.58. The fraction of sp³-hybridized carbons (Fsp3) is 0.933. The van der Waals surface area contributed by atoms with Gasteiger partial charge in [-0.1, -0.05) is 78.6 Å². The molecular weight excluding hydrogens is 421 g/mol. The van der Waals surface area contributed by atoms with Crippen molar-refractivity contribution in [2.45, 2.75) is 112 Å². The van der Waals surface area contributed by atoms with Crippen molar-refractivity contribution in [1.82, 2.24) is 0 Å². The first kappa shape index (κ1) is 29.3. The zero-order valence-electron chi connectivity index (χ0n) is 23.0. The van der Waals surface area contributed by atoms with Crippen LogP contribution in [0, 0.1) is 46.3 Å². The second-order valence-corrected chi connectivity index (χ2v) is 12.5. The molecule has 0 amide bonds. The summed E-state index contributed by atoms with van der Waals surface area (Å²) in [5.41, 5.74) is 7.87. The molecule has 0 heterocycles. The van der Waals surface area contributed by atoms with Crippen molar-refractivity contribution in [3.8, 4) is 0 Å². The maximum atomic E-state index is 7.75. The molecular formula is C30H60NOP. The second-order valence-electron chi connectivity index (χ2n) is 12.5. The van der Waals surface area contributed by atoms with Crippen LogP contribution in [0.2, 0.25) is 0 Å². The summed E-state index contributed by atoms with van der Waals surface area (Å²) < 4.78 is 0. The van der Waals surface area contributed by atoms with Crippen molar-refractivity contribution in [1.29, 1.82) is 0 Å². The molecule has 0 aromatic carbocycles. The Hall–Kier alpha value is 0.0900. The van der Waals surface area contributed by atoms with Crippen LogP contribution >= 0.6 is 9.24 Å². The van der Waals surface area contributed by atoms with Gasteiger partial charge in [0.15, 0.2) is 0 Å². The lowest BCUT2D eigenvalue weighted by molar-refractivity contribution is -0.0500. The Morgan fingerprint density at radius 1 is 1.06 bits per heavy atom. The zero-order valence-corrected chi connectivity index (χ0v) is 24.2. The fourth-order valence-electron chi connectivity index (χ4n) is 8.72. The van der Waals surface area contributed by atoms with Crippen molar-refractivity contribution >= 4 is 9.24 Å². The van der Waals surface area contributed by atoms with E-state index in [0.29, 0.717) is 17.4 Å². The number of nitrogens with two attached hydrogens (primary N) is 1. The van der Waals surface area contributed by atoms with E-state index in [2.05, 4.69) is 49.9 Å². The summed E-state index contributed by atoms with van der Waals surface area (Å²) in [7, 11) is 2.42. The highest BCUT2D eigenvalue weighted by Crippen LogP contribution is 2.67. The first-order valence-electron chi connectivity index (χ1n) is 14.4. The normalized spacial score (nSPS) is 37.9. The van der Waals surface area contributed by atoms with Gasteiger partial charge in [0.2, 0.25) is 0 Å². The quantitative estimate of drug-likeness (QED) is 0.297. The molecule has 8 atom stereocenters. The number of aliphatic hydroxyl groups excluding tert-OH is 1. The molecule has 0 aromatic heterocycles. The molecule has 3 N–H and O–H groups in total. The van der Waals surface area contributed by atoms with Crippen molar-refractivity contribution in [2.75, 3.05) is 19.8 Å². The summed E-state index contributed by atoms with van der Waals surface area (Å²) >= 11 is 0. The number of rotatable bonds is 6.